The molecule has 0 bridgehead atoms. The molecule has 4 heteroatoms. The molecule has 1 atom stereocenters. The van der Waals surface area contributed by atoms with Gasteiger partial charge in [-0.25, -0.2) is 0 Å². The van der Waals surface area contributed by atoms with Crippen LogP contribution in [-0.4, -0.2) is 24.9 Å². The van der Waals surface area contributed by atoms with Crippen LogP contribution in [0.1, 0.15) is 38.7 Å². The van der Waals surface area contributed by atoms with Crippen molar-refractivity contribution in [2.75, 3.05) is 13.1 Å². The second-order valence-electron chi connectivity index (χ2n) is 5.34. The highest BCUT2D eigenvalue weighted by atomic mass is 16.2. The largest absolute Gasteiger partial charge is 0.356 e. The van der Waals surface area contributed by atoms with E-state index in [0.717, 1.165) is 24.8 Å². The Labute approximate surface area is 133 Å². The van der Waals surface area contributed by atoms with Crippen molar-refractivity contribution in [2.45, 2.75) is 33.1 Å². The van der Waals surface area contributed by atoms with Gasteiger partial charge in [0.1, 0.15) is 0 Å². The van der Waals surface area contributed by atoms with Crippen molar-refractivity contribution in [2.24, 2.45) is 5.92 Å². The highest BCUT2D eigenvalue weighted by Crippen LogP contribution is 2.01. The van der Waals surface area contributed by atoms with E-state index in [1.807, 2.05) is 44.2 Å². The average Bonchev–Trinajstić information content (AvgIpc) is 2.56. The molecule has 4 nitrogen and oxygen atoms in total. The maximum Gasteiger partial charge on any atom is 0.243 e. The zero-order chi connectivity index (χ0) is 16.2. The Morgan fingerprint density at radius 3 is 2.36 bits per heavy atom. The summed E-state index contributed by atoms with van der Waals surface area (Å²) in [5.41, 5.74) is 1.01. The Bertz CT molecular complexity index is 483. The Kier molecular flexibility index (Phi) is 8.65. The summed E-state index contributed by atoms with van der Waals surface area (Å²) in [5.74, 6) is 0.0904. The maximum absolute atomic E-state index is 11.6. The van der Waals surface area contributed by atoms with Crippen molar-refractivity contribution in [1.82, 2.24) is 10.6 Å². The molecular weight excluding hydrogens is 276 g/mol. The number of carbonyl (C=O) groups is 2. The van der Waals surface area contributed by atoms with Gasteiger partial charge in [0.2, 0.25) is 11.8 Å². The van der Waals surface area contributed by atoms with Crippen LogP contribution in [0.5, 0.6) is 0 Å². The zero-order valence-electron chi connectivity index (χ0n) is 13.5. The lowest BCUT2D eigenvalue weighted by atomic mass is 10.1. The lowest BCUT2D eigenvalue weighted by molar-refractivity contribution is -0.124. The quantitative estimate of drug-likeness (QED) is 0.544. The molecule has 1 rings (SSSR count). The van der Waals surface area contributed by atoms with Gasteiger partial charge in [-0.05, 0) is 30.9 Å². The van der Waals surface area contributed by atoms with Gasteiger partial charge >= 0.3 is 0 Å². The van der Waals surface area contributed by atoms with Gasteiger partial charge in [0.05, 0.1) is 0 Å². The van der Waals surface area contributed by atoms with Gasteiger partial charge in [-0.2, -0.15) is 0 Å². The van der Waals surface area contributed by atoms with Gasteiger partial charge in [0, 0.05) is 25.1 Å². The Balaban J connectivity index is 2.08. The fourth-order valence-corrected chi connectivity index (χ4v) is 1.83. The zero-order valence-corrected chi connectivity index (χ0v) is 13.5. The predicted molar refractivity (Wildman–Crippen MR) is 90.2 cm³/mol. The van der Waals surface area contributed by atoms with E-state index in [4.69, 9.17) is 0 Å². The van der Waals surface area contributed by atoms with Gasteiger partial charge in [0.15, 0.2) is 0 Å². The molecule has 0 radical (unpaired) electrons. The van der Waals surface area contributed by atoms with Crippen LogP contribution in [0.2, 0.25) is 0 Å². The van der Waals surface area contributed by atoms with Crippen molar-refractivity contribution in [1.29, 1.82) is 0 Å². The average molecular weight is 302 g/mol. The molecule has 120 valence electrons. The van der Waals surface area contributed by atoms with Crippen LogP contribution in [0, 0.1) is 5.92 Å². The third kappa shape index (κ3) is 7.62. The molecule has 2 N–H and O–H groups in total. The predicted octanol–water partition coefficient (Wildman–Crippen LogP) is 2.76. The van der Waals surface area contributed by atoms with Gasteiger partial charge in [-0.15, -0.1) is 0 Å². The molecular formula is C18H26N2O2. The molecule has 0 aromatic heterocycles. The molecule has 0 aliphatic heterocycles. The molecule has 22 heavy (non-hydrogen) atoms. The monoisotopic (exact) mass is 302 g/mol. The van der Waals surface area contributed by atoms with Crippen LogP contribution in [0.15, 0.2) is 36.4 Å². The van der Waals surface area contributed by atoms with Crippen LogP contribution in [-0.2, 0) is 9.59 Å². The van der Waals surface area contributed by atoms with Crippen LogP contribution in [0.3, 0.4) is 0 Å². The van der Waals surface area contributed by atoms with Crippen molar-refractivity contribution in [3.8, 4) is 0 Å². The van der Waals surface area contributed by atoms with Gasteiger partial charge < -0.3 is 10.6 Å². The maximum atomic E-state index is 11.6. The molecule has 2 amide bonds. The summed E-state index contributed by atoms with van der Waals surface area (Å²) in [6.07, 6.45) is 5.91. The Morgan fingerprint density at radius 2 is 1.73 bits per heavy atom. The van der Waals surface area contributed by atoms with Gasteiger partial charge in [-0.3, -0.25) is 9.59 Å². The van der Waals surface area contributed by atoms with Crippen LogP contribution >= 0.6 is 0 Å². The van der Waals surface area contributed by atoms with Crippen LogP contribution in [0.25, 0.3) is 6.08 Å². The topological polar surface area (TPSA) is 58.2 Å². The summed E-state index contributed by atoms with van der Waals surface area (Å²) < 4.78 is 0. The number of hydrogen-bond acceptors (Lipinski definition) is 2. The van der Waals surface area contributed by atoms with Crippen molar-refractivity contribution >= 4 is 17.9 Å². The van der Waals surface area contributed by atoms with Crippen LogP contribution in [0.4, 0.5) is 0 Å². The molecule has 1 aromatic rings. The van der Waals surface area contributed by atoms with Gasteiger partial charge in [-0.1, -0.05) is 44.2 Å². The van der Waals surface area contributed by atoms with E-state index in [1.165, 1.54) is 0 Å². The fourth-order valence-electron chi connectivity index (χ4n) is 1.83. The number of hydrogen-bond donors (Lipinski definition) is 2. The molecule has 0 fully saturated rings. The van der Waals surface area contributed by atoms with Crippen molar-refractivity contribution in [3.05, 3.63) is 42.0 Å². The first-order valence-electron chi connectivity index (χ1n) is 7.92. The van der Waals surface area contributed by atoms with E-state index in [1.54, 1.807) is 12.2 Å². The van der Waals surface area contributed by atoms with E-state index < -0.39 is 0 Å². The smallest absolute Gasteiger partial charge is 0.243 e. The van der Waals surface area contributed by atoms with Crippen LogP contribution < -0.4 is 10.6 Å². The molecule has 0 heterocycles. The fraction of sp³-hybridized carbons (Fsp3) is 0.444. The normalized spacial score (nSPS) is 12.1. The summed E-state index contributed by atoms with van der Waals surface area (Å²) in [6, 6.07) is 9.71. The minimum atomic E-state index is -0.0903. The lowest BCUT2D eigenvalue weighted by Crippen LogP contribution is -2.30. The molecule has 0 unspecified atom stereocenters. The van der Waals surface area contributed by atoms with E-state index in [0.29, 0.717) is 13.1 Å². The summed E-state index contributed by atoms with van der Waals surface area (Å²) in [5, 5.41) is 5.74. The third-order valence-electron chi connectivity index (χ3n) is 3.49. The number of unbranched alkanes of at least 4 members (excludes halogenated alkanes) is 1. The third-order valence-corrected chi connectivity index (χ3v) is 3.49. The number of amides is 2. The second kappa shape index (κ2) is 10.6. The molecule has 0 saturated carbocycles. The summed E-state index contributed by atoms with van der Waals surface area (Å²) in [6.45, 7) is 5.22. The molecule has 0 spiro atoms. The van der Waals surface area contributed by atoms with Gasteiger partial charge in [0.25, 0.3) is 0 Å². The SMILES string of the molecule is CC[C@@H](C)C(=O)NCCCCNC(=O)C=Cc1ccccc1. The van der Waals surface area contributed by atoms with E-state index in [2.05, 4.69) is 10.6 Å². The van der Waals surface area contributed by atoms with Crippen molar-refractivity contribution in [3.63, 3.8) is 0 Å². The number of benzene rings is 1. The highest BCUT2D eigenvalue weighted by Gasteiger charge is 2.08. The molecule has 1 aromatic carbocycles. The van der Waals surface area contributed by atoms with E-state index >= 15 is 0 Å². The first kappa shape index (κ1) is 18.0. The number of rotatable bonds is 9. The molecule has 0 aliphatic carbocycles. The highest BCUT2D eigenvalue weighted by molar-refractivity contribution is 5.91. The summed E-state index contributed by atoms with van der Waals surface area (Å²) in [7, 11) is 0. The first-order valence-corrected chi connectivity index (χ1v) is 7.92. The summed E-state index contributed by atoms with van der Waals surface area (Å²) in [4.78, 5) is 23.2. The lowest BCUT2D eigenvalue weighted by Gasteiger charge is -2.09. The van der Waals surface area contributed by atoms with Crippen molar-refractivity contribution < 1.29 is 9.59 Å². The first-order chi connectivity index (χ1) is 10.6. The minimum Gasteiger partial charge on any atom is -0.356 e. The van der Waals surface area contributed by atoms with E-state index in [-0.39, 0.29) is 17.7 Å². The molecule has 0 saturated heterocycles. The Hall–Kier alpha value is -2.10. The molecule has 0 aliphatic rings. The number of carbonyl (C=O) groups excluding carboxylic acids is 2. The van der Waals surface area contributed by atoms with E-state index in [9.17, 15) is 9.59 Å². The second-order valence-corrected chi connectivity index (χ2v) is 5.34. The number of nitrogens with one attached hydrogen (secondary N) is 2. The minimum absolute atomic E-state index is 0.0721. The Morgan fingerprint density at radius 1 is 1.09 bits per heavy atom. The summed E-state index contributed by atoms with van der Waals surface area (Å²) >= 11 is 0. The standard InChI is InChI=1S/C18H26N2O2/c1-3-15(2)18(22)20-14-8-7-13-19-17(21)12-11-16-9-5-4-6-10-16/h4-6,9-12,15H,3,7-8,13-14H2,1-2H3,(H,19,21)(H,20,22)/t15-/m1/s1.